The van der Waals surface area contributed by atoms with Crippen molar-refractivity contribution in [1.29, 1.82) is 0 Å². The zero-order valence-electron chi connectivity index (χ0n) is 7.88. The average molecular weight is 174 g/mol. The second-order valence-electron chi connectivity index (χ2n) is 2.84. The summed E-state index contributed by atoms with van der Waals surface area (Å²) < 4.78 is 0. The van der Waals surface area contributed by atoms with Crippen LogP contribution in [0.25, 0.3) is 0 Å². The molecular formula is C12H14O. The fourth-order valence-corrected chi connectivity index (χ4v) is 1.13. The molecule has 68 valence electrons. The van der Waals surface area contributed by atoms with Crippen LogP contribution in [0.15, 0.2) is 24.3 Å². The van der Waals surface area contributed by atoms with Gasteiger partial charge in [-0.25, -0.2) is 0 Å². The summed E-state index contributed by atoms with van der Waals surface area (Å²) in [6.07, 6.45) is 2.56. The van der Waals surface area contributed by atoms with Crippen molar-refractivity contribution in [2.24, 2.45) is 0 Å². The number of para-hydroxylation sites is 1. The molecule has 1 rings (SSSR count). The minimum atomic E-state index is 0.376. The molecule has 0 unspecified atom stereocenters. The van der Waals surface area contributed by atoms with Crippen LogP contribution in [0.1, 0.15) is 25.3 Å². The molecule has 1 nitrogen and oxygen atoms in total. The molecule has 0 aromatic heterocycles. The number of hydrogen-bond acceptors (Lipinski definition) is 1. The lowest BCUT2D eigenvalue weighted by molar-refractivity contribution is 0.468. The van der Waals surface area contributed by atoms with Gasteiger partial charge in [-0.3, -0.25) is 0 Å². The Kier molecular flexibility index (Phi) is 3.92. The van der Waals surface area contributed by atoms with Crippen LogP contribution in [-0.2, 0) is 6.42 Å². The van der Waals surface area contributed by atoms with E-state index in [0.717, 1.165) is 24.8 Å². The SMILES string of the molecule is CCC#CCCc1ccccc1O. The van der Waals surface area contributed by atoms with E-state index in [2.05, 4.69) is 11.8 Å². The number of benzene rings is 1. The molecule has 1 N–H and O–H groups in total. The Morgan fingerprint density at radius 1 is 1.23 bits per heavy atom. The van der Waals surface area contributed by atoms with Crippen LogP contribution in [0, 0.1) is 11.8 Å². The molecule has 0 aliphatic carbocycles. The van der Waals surface area contributed by atoms with Gasteiger partial charge in [0.1, 0.15) is 5.75 Å². The number of phenols is 1. The predicted octanol–water partition coefficient (Wildman–Crippen LogP) is 2.74. The summed E-state index contributed by atoms with van der Waals surface area (Å²) in [6, 6.07) is 7.41. The Balaban J connectivity index is 2.50. The fraction of sp³-hybridized carbons (Fsp3) is 0.333. The van der Waals surface area contributed by atoms with Crippen molar-refractivity contribution in [3.63, 3.8) is 0 Å². The van der Waals surface area contributed by atoms with E-state index in [0.29, 0.717) is 5.75 Å². The van der Waals surface area contributed by atoms with Crippen molar-refractivity contribution >= 4 is 0 Å². The monoisotopic (exact) mass is 174 g/mol. The first-order valence-corrected chi connectivity index (χ1v) is 4.57. The molecule has 1 heteroatoms. The summed E-state index contributed by atoms with van der Waals surface area (Å²) in [6.45, 7) is 2.03. The Hall–Kier alpha value is -1.42. The molecule has 0 aliphatic rings. The first kappa shape index (κ1) is 9.67. The lowest BCUT2D eigenvalue weighted by Gasteiger charge is -1.99. The maximum atomic E-state index is 9.42. The van der Waals surface area contributed by atoms with E-state index in [-0.39, 0.29) is 0 Å². The summed E-state index contributed by atoms with van der Waals surface area (Å²) in [5.74, 6) is 6.43. The third-order valence-corrected chi connectivity index (χ3v) is 1.81. The van der Waals surface area contributed by atoms with Crippen molar-refractivity contribution in [3.05, 3.63) is 29.8 Å². The molecule has 13 heavy (non-hydrogen) atoms. The molecule has 1 aromatic carbocycles. The summed E-state index contributed by atoms with van der Waals surface area (Å²) in [5.41, 5.74) is 0.980. The molecular weight excluding hydrogens is 160 g/mol. The smallest absolute Gasteiger partial charge is 0.118 e. The molecule has 0 fully saturated rings. The molecule has 0 atom stereocenters. The Morgan fingerprint density at radius 3 is 2.69 bits per heavy atom. The third-order valence-electron chi connectivity index (χ3n) is 1.81. The molecule has 0 aliphatic heterocycles. The Labute approximate surface area is 79.4 Å². The summed E-state index contributed by atoms with van der Waals surface area (Å²) in [7, 11) is 0. The molecule has 0 saturated carbocycles. The van der Waals surface area contributed by atoms with Gasteiger partial charge in [0.2, 0.25) is 0 Å². The molecule has 0 radical (unpaired) electrons. The average Bonchev–Trinajstić information content (AvgIpc) is 2.15. The van der Waals surface area contributed by atoms with E-state index in [1.807, 2.05) is 25.1 Å². The van der Waals surface area contributed by atoms with Crippen LogP contribution in [0.4, 0.5) is 0 Å². The minimum Gasteiger partial charge on any atom is -0.508 e. The topological polar surface area (TPSA) is 20.2 Å². The van der Waals surface area contributed by atoms with Crippen molar-refractivity contribution in [1.82, 2.24) is 0 Å². The highest BCUT2D eigenvalue weighted by molar-refractivity contribution is 5.32. The van der Waals surface area contributed by atoms with Gasteiger partial charge in [-0.2, -0.15) is 0 Å². The molecule has 0 bridgehead atoms. The second kappa shape index (κ2) is 5.27. The maximum Gasteiger partial charge on any atom is 0.118 e. The first-order valence-electron chi connectivity index (χ1n) is 4.57. The van der Waals surface area contributed by atoms with Crippen molar-refractivity contribution in [2.75, 3.05) is 0 Å². The second-order valence-corrected chi connectivity index (χ2v) is 2.84. The highest BCUT2D eigenvalue weighted by Gasteiger charge is 1.96. The molecule has 0 heterocycles. The van der Waals surface area contributed by atoms with Gasteiger partial charge in [0.25, 0.3) is 0 Å². The van der Waals surface area contributed by atoms with Gasteiger partial charge in [-0.05, 0) is 18.1 Å². The van der Waals surface area contributed by atoms with Gasteiger partial charge in [0.15, 0.2) is 0 Å². The highest BCUT2D eigenvalue weighted by Crippen LogP contribution is 2.16. The zero-order chi connectivity index (χ0) is 9.52. The van der Waals surface area contributed by atoms with Crippen LogP contribution >= 0.6 is 0 Å². The van der Waals surface area contributed by atoms with Crippen molar-refractivity contribution < 1.29 is 5.11 Å². The number of rotatable bonds is 2. The summed E-state index contributed by atoms with van der Waals surface area (Å²) in [4.78, 5) is 0. The third kappa shape index (κ3) is 3.21. The largest absolute Gasteiger partial charge is 0.508 e. The van der Waals surface area contributed by atoms with Crippen molar-refractivity contribution in [2.45, 2.75) is 26.2 Å². The standard InChI is InChI=1S/C12H14O/c1-2-3-4-5-8-11-9-6-7-10-12(11)13/h6-7,9-10,13H,2,5,8H2,1H3. The predicted molar refractivity (Wildman–Crippen MR) is 54.5 cm³/mol. The number of phenolic OH excluding ortho intramolecular Hbond substituents is 1. The van der Waals surface area contributed by atoms with Crippen molar-refractivity contribution in [3.8, 4) is 17.6 Å². The number of aromatic hydroxyl groups is 1. The van der Waals surface area contributed by atoms with Crippen LogP contribution < -0.4 is 0 Å². The summed E-state index contributed by atoms with van der Waals surface area (Å²) >= 11 is 0. The molecule has 1 aromatic rings. The normalized spacial score (nSPS) is 9.00. The van der Waals surface area contributed by atoms with E-state index in [4.69, 9.17) is 0 Å². The molecule has 0 spiro atoms. The lowest BCUT2D eigenvalue weighted by Crippen LogP contribution is -1.83. The van der Waals surface area contributed by atoms with Crippen LogP contribution in [0.2, 0.25) is 0 Å². The van der Waals surface area contributed by atoms with Gasteiger partial charge in [-0.1, -0.05) is 25.1 Å². The summed E-state index contributed by atoms with van der Waals surface area (Å²) in [5, 5.41) is 9.42. The van der Waals surface area contributed by atoms with Crippen LogP contribution in [0.3, 0.4) is 0 Å². The fourth-order valence-electron chi connectivity index (χ4n) is 1.13. The lowest BCUT2D eigenvalue weighted by atomic mass is 10.1. The first-order chi connectivity index (χ1) is 6.34. The maximum absolute atomic E-state index is 9.42. The highest BCUT2D eigenvalue weighted by atomic mass is 16.3. The van der Waals surface area contributed by atoms with Gasteiger partial charge < -0.3 is 5.11 Å². The van der Waals surface area contributed by atoms with E-state index in [9.17, 15) is 5.11 Å². The van der Waals surface area contributed by atoms with E-state index in [1.54, 1.807) is 6.07 Å². The Bertz CT molecular complexity index is 317. The van der Waals surface area contributed by atoms with Crippen LogP contribution in [-0.4, -0.2) is 5.11 Å². The number of aryl methyl sites for hydroxylation is 1. The van der Waals surface area contributed by atoms with E-state index in [1.165, 1.54) is 0 Å². The van der Waals surface area contributed by atoms with E-state index < -0.39 is 0 Å². The molecule has 0 amide bonds. The van der Waals surface area contributed by atoms with Crippen LogP contribution in [0.5, 0.6) is 5.75 Å². The Morgan fingerprint density at radius 2 is 2.00 bits per heavy atom. The van der Waals surface area contributed by atoms with E-state index >= 15 is 0 Å². The van der Waals surface area contributed by atoms with Gasteiger partial charge >= 0.3 is 0 Å². The van der Waals surface area contributed by atoms with Gasteiger partial charge in [-0.15, -0.1) is 11.8 Å². The zero-order valence-corrected chi connectivity index (χ0v) is 7.88. The van der Waals surface area contributed by atoms with Gasteiger partial charge in [0, 0.05) is 12.8 Å². The quantitative estimate of drug-likeness (QED) is 0.683. The molecule has 0 saturated heterocycles. The minimum absolute atomic E-state index is 0.376. The van der Waals surface area contributed by atoms with Gasteiger partial charge in [0.05, 0.1) is 0 Å². The number of hydrogen-bond donors (Lipinski definition) is 1.